The Balaban J connectivity index is 1.83. The van der Waals surface area contributed by atoms with Crippen molar-refractivity contribution in [1.82, 2.24) is 0 Å². The molecule has 0 aromatic heterocycles. The molecule has 1 saturated carbocycles. The van der Waals surface area contributed by atoms with Crippen LogP contribution in [0.25, 0.3) is 0 Å². The van der Waals surface area contributed by atoms with Crippen LogP contribution in [0.2, 0.25) is 5.02 Å². The average molecular weight is 294 g/mol. The number of aliphatic hydroxyl groups excluding tert-OH is 1. The highest BCUT2D eigenvalue weighted by Crippen LogP contribution is 2.40. The molecule has 0 spiro atoms. The van der Waals surface area contributed by atoms with E-state index >= 15 is 0 Å². The number of benzene rings is 1. The number of aliphatic hydroxyl groups is 1. The van der Waals surface area contributed by atoms with Gasteiger partial charge < -0.3 is 10.0 Å². The van der Waals surface area contributed by atoms with E-state index in [9.17, 15) is 5.11 Å². The largest absolute Gasteiger partial charge is 0.389 e. The fourth-order valence-corrected chi connectivity index (χ4v) is 4.24. The van der Waals surface area contributed by atoms with Crippen molar-refractivity contribution in [3.05, 3.63) is 28.8 Å². The van der Waals surface area contributed by atoms with Gasteiger partial charge in [-0.05, 0) is 56.2 Å². The number of hydrogen-bond donors (Lipinski definition) is 1. The van der Waals surface area contributed by atoms with Gasteiger partial charge in [0.2, 0.25) is 0 Å². The molecule has 110 valence electrons. The second-order valence-electron chi connectivity index (χ2n) is 6.33. The highest BCUT2D eigenvalue weighted by atomic mass is 35.5. The number of hydrogen-bond acceptors (Lipinski definition) is 2. The minimum atomic E-state index is -0.453. The quantitative estimate of drug-likeness (QED) is 0.883. The third-order valence-corrected chi connectivity index (χ3v) is 5.31. The molecule has 1 N–H and O–H groups in total. The van der Waals surface area contributed by atoms with Crippen molar-refractivity contribution in [2.45, 2.75) is 57.6 Å². The SMILES string of the molecule is C[C@@H](O)c1ccc(N2CCCC2C2CCCC2)c(Cl)c1. The Morgan fingerprint density at radius 2 is 1.95 bits per heavy atom. The molecule has 2 aliphatic rings. The number of rotatable bonds is 3. The van der Waals surface area contributed by atoms with Gasteiger partial charge in [-0.15, -0.1) is 0 Å². The van der Waals surface area contributed by atoms with Gasteiger partial charge in [-0.2, -0.15) is 0 Å². The highest BCUT2D eigenvalue weighted by molar-refractivity contribution is 6.33. The molecule has 3 rings (SSSR count). The predicted octanol–water partition coefficient (Wildman–Crippen LogP) is 4.55. The van der Waals surface area contributed by atoms with Crippen molar-refractivity contribution in [1.29, 1.82) is 0 Å². The van der Waals surface area contributed by atoms with Crippen molar-refractivity contribution in [2.75, 3.05) is 11.4 Å². The second kappa shape index (κ2) is 5.95. The van der Waals surface area contributed by atoms with Gasteiger partial charge >= 0.3 is 0 Å². The summed E-state index contributed by atoms with van der Waals surface area (Å²) < 4.78 is 0. The molecule has 1 unspecified atom stereocenters. The molecule has 2 nitrogen and oxygen atoms in total. The maximum atomic E-state index is 9.66. The maximum Gasteiger partial charge on any atom is 0.0762 e. The normalized spacial score (nSPS) is 25.4. The van der Waals surface area contributed by atoms with Crippen LogP contribution in [0.15, 0.2) is 18.2 Å². The topological polar surface area (TPSA) is 23.5 Å². The van der Waals surface area contributed by atoms with Crippen molar-refractivity contribution in [2.24, 2.45) is 5.92 Å². The lowest BCUT2D eigenvalue weighted by molar-refractivity contribution is 0.199. The lowest BCUT2D eigenvalue weighted by Gasteiger charge is -2.32. The Morgan fingerprint density at radius 3 is 2.60 bits per heavy atom. The van der Waals surface area contributed by atoms with Crippen LogP contribution < -0.4 is 4.90 Å². The molecule has 1 aromatic carbocycles. The molecule has 2 atom stereocenters. The smallest absolute Gasteiger partial charge is 0.0762 e. The van der Waals surface area contributed by atoms with Crippen molar-refractivity contribution < 1.29 is 5.11 Å². The standard InChI is InChI=1S/C17H24ClNO/c1-12(20)14-8-9-17(15(18)11-14)19-10-4-7-16(19)13-5-2-3-6-13/h8-9,11-13,16,20H,2-7,10H2,1H3/t12-,16?/m1/s1. The Bertz CT molecular complexity index is 468. The van der Waals surface area contributed by atoms with Crippen LogP contribution in [0, 0.1) is 5.92 Å². The van der Waals surface area contributed by atoms with Crippen LogP contribution in [0.4, 0.5) is 5.69 Å². The molecule has 3 heteroatoms. The zero-order valence-electron chi connectivity index (χ0n) is 12.2. The van der Waals surface area contributed by atoms with Crippen LogP contribution in [0.5, 0.6) is 0 Å². The first kappa shape index (κ1) is 14.2. The third kappa shape index (κ3) is 2.68. The number of anilines is 1. The fraction of sp³-hybridized carbons (Fsp3) is 0.647. The highest BCUT2D eigenvalue weighted by Gasteiger charge is 2.34. The second-order valence-corrected chi connectivity index (χ2v) is 6.74. The molecule has 1 aromatic rings. The molecule has 1 aliphatic carbocycles. The van der Waals surface area contributed by atoms with Gasteiger partial charge in [0.1, 0.15) is 0 Å². The molecule has 1 saturated heterocycles. The monoisotopic (exact) mass is 293 g/mol. The average Bonchev–Trinajstić information content (AvgIpc) is 3.09. The van der Waals surface area contributed by atoms with Gasteiger partial charge in [0.15, 0.2) is 0 Å². The summed E-state index contributed by atoms with van der Waals surface area (Å²) in [7, 11) is 0. The molecule has 2 fully saturated rings. The van der Waals surface area contributed by atoms with E-state index in [1.165, 1.54) is 38.5 Å². The summed E-state index contributed by atoms with van der Waals surface area (Å²) >= 11 is 6.47. The van der Waals surface area contributed by atoms with E-state index in [2.05, 4.69) is 11.0 Å². The zero-order chi connectivity index (χ0) is 14.1. The minimum absolute atomic E-state index is 0.453. The first-order chi connectivity index (χ1) is 9.66. The lowest BCUT2D eigenvalue weighted by atomic mass is 9.95. The summed E-state index contributed by atoms with van der Waals surface area (Å²) in [4.78, 5) is 2.52. The summed E-state index contributed by atoms with van der Waals surface area (Å²) in [5.74, 6) is 0.852. The molecular weight excluding hydrogens is 270 g/mol. The van der Waals surface area contributed by atoms with Crippen molar-refractivity contribution in [3.63, 3.8) is 0 Å². The third-order valence-electron chi connectivity index (χ3n) is 5.01. The molecule has 0 amide bonds. The van der Waals surface area contributed by atoms with Crippen LogP contribution in [-0.2, 0) is 0 Å². The Hall–Kier alpha value is -0.730. The van der Waals surface area contributed by atoms with E-state index in [1.54, 1.807) is 6.92 Å². The Labute approximate surface area is 126 Å². The van der Waals surface area contributed by atoms with Crippen molar-refractivity contribution >= 4 is 17.3 Å². The molecule has 0 radical (unpaired) electrons. The van der Waals surface area contributed by atoms with E-state index in [4.69, 9.17) is 11.6 Å². The summed E-state index contributed by atoms with van der Waals surface area (Å²) in [6, 6.07) is 6.70. The van der Waals surface area contributed by atoms with Gasteiger partial charge in [0.25, 0.3) is 0 Å². The minimum Gasteiger partial charge on any atom is -0.389 e. The summed E-state index contributed by atoms with van der Waals surface area (Å²) in [5, 5.41) is 10.4. The maximum absolute atomic E-state index is 9.66. The van der Waals surface area contributed by atoms with Gasteiger partial charge in [0.05, 0.1) is 16.8 Å². The first-order valence-corrected chi connectivity index (χ1v) is 8.29. The molecule has 20 heavy (non-hydrogen) atoms. The fourth-order valence-electron chi connectivity index (χ4n) is 3.94. The Kier molecular flexibility index (Phi) is 4.23. The van der Waals surface area contributed by atoms with Crippen molar-refractivity contribution in [3.8, 4) is 0 Å². The molecular formula is C17H24ClNO. The van der Waals surface area contributed by atoms with Crippen LogP contribution in [-0.4, -0.2) is 17.7 Å². The van der Waals surface area contributed by atoms with Gasteiger partial charge in [-0.1, -0.05) is 30.5 Å². The number of nitrogens with zero attached hydrogens (tertiary/aromatic N) is 1. The van der Waals surface area contributed by atoms with Crippen LogP contribution in [0.1, 0.15) is 57.1 Å². The van der Waals surface area contributed by atoms with E-state index in [-0.39, 0.29) is 0 Å². The lowest BCUT2D eigenvalue weighted by Crippen LogP contribution is -2.34. The summed E-state index contributed by atoms with van der Waals surface area (Å²) in [6.07, 6.45) is 7.67. The summed E-state index contributed by atoms with van der Waals surface area (Å²) in [5.41, 5.74) is 2.06. The van der Waals surface area contributed by atoms with E-state index < -0.39 is 6.10 Å². The molecule has 0 bridgehead atoms. The summed E-state index contributed by atoms with van der Waals surface area (Å²) in [6.45, 7) is 2.90. The Morgan fingerprint density at radius 1 is 1.20 bits per heavy atom. The van der Waals surface area contributed by atoms with E-state index in [0.29, 0.717) is 6.04 Å². The van der Waals surface area contributed by atoms with Crippen LogP contribution >= 0.6 is 11.6 Å². The van der Waals surface area contributed by atoms with E-state index in [1.807, 2.05) is 12.1 Å². The predicted molar refractivity (Wildman–Crippen MR) is 84.4 cm³/mol. The van der Waals surface area contributed by atoms with Gasteiger partial charge in [0, 0.05) is 12.6 Å². The first-order valence-electron chi connectivity index (χ1n) is 7.91. The zero-order valence-corrected chi connectivity index (χ0v) is 12.9. The van der Waals surface area contributed by atoms with Crippen LogP contribution in [0.3, 0.4) is 0 Å². The number of halogens is 1. The van der Waals surface area contributed by atoms with E-state index in [0.717, 1.165) is 28.7 Å². The molecule has 1 aliphatic heterocycles. The van der Waals surface area contributed by atoms with Gasteiger partial charge in [-0.3, -0.25) is 0 Å². The molecule has 1 heterocycles. The van der Waals surface area contributed by atoms with Gasteiger partial charge in [-0.25, -0.2) is 0 Å².